The molecule has 12 fully saturated rings. The van der Waals surface area contributed by atoms with E-state index in [-0.39, 0.29) is 33.8 Å². The normalized spacial score (nSPS) is 23.8. The molecule has 16 aromatic rings. The Morgan fingerprint density at radius 3 is 0.688 bits per heavy atom. The number of aromatic amines is 4. The van der Waals surface area contributed by atoms with Gasteiger partial charge in [-0.05, 0) is 231 Å². The molecule has 12 saturated carbocycles. The van der Waals surface area contributed by atoms with Crippen molar-refractivity contribution in [2.24, 2.45) is 71.0 Å². The van der Waals surface area contributed by atoms with E-state index in [0.717, 1.165) is 93.2 Å². The Morgan fingerprint density at radius 1 is 0.283 bits per heavy atom. The molecule has 0 spiro atoms. The third-order valence-electron chi connectivity index (χ3n) is 31.9. The molecular formula is C111H109F8N17O2. The summed E-state index contributed by atoms with van der Waals surface area (Å²) in [5.74, 6) is 7.26. The van der Waals surface area contributed by atoms with Gasteiger partial charge in [0.05, 0.1) is 49.8 Å². The van der Waals surface area contributed by atoms with Crippen LogP contribution in [0.4, 0.5) is 64.1 Å². The van der Waals surface area contributed by atoms with Gasteiger partial charge in [0.25, 0.3) is 5.69 Å². The number of anilines is 4. The Morgan fingerprint density at radius 2 is 0.486 bits per heavy atom. The Kier molecular flexibility index (Phi) is 24.8. The van der Waals surface area contributed by atoms with Gasteiger partial charge in [-0.1, -0.05) is 117 Å². The van der Waals surface area contributed by atoms with Gasteiger partial charge in [0, 0.05) is 176 Å². The highest BCUT2D eigenvalue weighted by molar-refractivity contribution is 5.98. The number of aromatic nitrogens is 12. The molecule has 0 radical (unpaired) electrons. The van der Waals surface area contributed by atoms with Crippen molar-refractivity contribution in [2.75, 3.05) is 21.3 Å². The van der Waals surface area contributed by atoms with Crippen molar-refractivity contribution >= 4 is 72.6 Å². The summed E-state index contributed by atoms with van der Waals surface area (Å²) in [6, 6.07) is 48.8. The topological polar surface area (TPSA) is 258 Å². The number of benzene rings is 8. The number of hydrogen-bond donors (Lipinski definition) is 8. The first-order valence-corrected chi connectivity index (χ1v) is 48.7. The number of fused-ring (bicyclic) bond motifs is 16. The summed E-state index contributed by atoms with van der Waals surface area (Å²) in [5.41, 5.74) is 13.2. The van der Waals surface area contributed by atoms with E-state index in [1.807, 2.05) is 60.7 Å². The molecule has 2 unspecified atom stereocenters. The SMILES string of the molecule is C[C@H]1C2CCC(CC2)[C@@H]1Nc1cc(-c2ccc([N+](=O)[O-])cc2)nc(-c2c[nH]c3c(F)cc(F)cc23)n1.Cc1ccc(-c2cc(NC3C4CCC(CC4)C3C)nc(-c3c[nH]c4c(F)cc(F)cc34)n2)cc1.Cc1ccc(-c2cc(N[C@@H]3C4CCC(CC4)[C@H]3C)nc(-c3c[nH]c4c(F)cc(F)cc34)n2)cc1.Cc1ccc(-c2cc(N[C@H]3C4CCC(CC4)[C@@H]3C)nc(-c3c[nH]c4c(F)cc(F)cc34)n2)cc1. The van der Waals surface area contributed by atoms with E-state index < -0.39 is 51.5 Å². The monoisotopic (exact) mass is 1860 g/mol. The molecule has 27 heteroatoms. The number of nitro benzene ring substituents is 1. The van der Waals surface area contributed by atoms with Crippen molar-refractivity contribution in [1.82, 2.24) is 59.8 Å². The second-order valence-corrected chi connectivity index (χ2v) is 40.1. The maximum atomic E-state index is 14.4. The molecule has 28 rings (SSSR count). The van der Waals surface area contributed by atoms with Crippen LogP contribution in [0.15, 0.2) is 195 Å². The zero-order chi connectivity index (χ0) is 95.2. The van der Waals surface area contributed by atoms with Crippen molar-refractivity contribution in [3.63, 3.8) is 0 Å². The van der Waals surface area contributed by atoms with E-state index in [9.17, 15) is 45.2 Å². The summed E-state index contributed by atoms with van der Waals surface area (Å²) in [5, 5.41) is 27.7. The lowest BCUT2D eigenvalue weighted by Crippen LogP contribution is -2.47. The van der Waals surface area contributed by atoms with E-state index in [2.05, 4.69) is 126 Å². The lowest BCUT2D eigenvalue weighted by molar-refractivity contribution is -0.384. The second-order valence-electron chi connectivity index (χ2n) is 40.1. The van der Waals surface area contributed by atoms with Gasteiger partial charge in [-0.25, -0.2) is 75.0 Å². The van der Waals surface area contributed by atoms with Crippen molar-refractivity contribution in [1.29, 1.82) is 0 Å². The maximum Gasteiger partial charge on any atom is 0.269 e. The highest BCUT2D eigenvalue weighted by atomic mass is 19.2. The zero-order valence-electron chi connectivity index (χ0n) is 77.9. The number of nitro groups is 1. The Bertz CT molecular complexity index is 6730. The van der Waals surface area contributed by atoms with Crippen LogP contribution in [0, 0.1) is 148 Å². The van der Waals surface area contributed by atoms with Crippen LogP contribution < -0.4 is 21.3 Å². The smallest absolute Gasteiger partial charge is 0.269 e. The average Bonchev–Trinajstić information content (AvgIpc) is 1.54. The predicted octanol–water partition coefficient (Wildman–Crippen LogP) is 28.1. The molecule has 8 aromatic heterocycles. The van der Waals surface area contributed by atoms with Crippen LogP contribution in [-0.2, 0) is 0 Å². The maximum absolute atomic E-state index is 14.4. The molecule has 8 heterocycles. The van der Waals surface area contributed by atoms with Crippen LogP contribution in [0.2, 0.25) is 0 Å². The summed E-state index contributed by atoms with van der Waals surface area (Å²) in [6.07, 6.45) is 27.0. The zero-order valence-corrected chi connectivity index (χ0v) is 77.9. The van der Waals surface area contributed by atoms with Gasteiger partial charge in [0.1, 0.15) is 69.8 Å². The van der Waals surface area contributed by atoms with Gasteiger partial charge in [0.15, 0.2) is 23.3 Å². The molecule has 0 aliphatic heterocycles. The van der Waals surface area contributed by atoms with Crippen molar-refractivity contribution in [3.8, 4) is 90.6 Å². The van der Waals surface area contributed by atoms with E-state index in [0.29, 0.717) is 156 Å². The second kappa shape index (κ2) is 37.6. The molecule has 8 N–H and O–H groups in total. The predicted molar refractivity (Wildman–Crippen MR) is 528 cm³/mol. The fourth-order valence-electron chi connectivity index (χ4n) is 24.1. The first-order valence-electron chi connectivity index (χ1n) is 48.7. The quantitative estimate of drug-likeness (QED) is 0.0240. The molecule has 12 aliphatic carbocycles. The molecule has 8 atom stereocenters. The lowest BCUT2D eigenvalue weighted by atomic mass is 9.62. The van der Waals surface area contributed by atoms with Crippen molar-refractivity contribution in [3.05, 3.63) is 268 Å². The van der Waals surface area contributed by atoms with Gasteiger partial charge in [-0.15, -0.1) is 0 Å². The number of hydrogen-bond acceptors (Lipinski definition) is 14. The third kappa shape index (κ3) is 18.2. The molecule has 0 saturated heterocycles. The molecule has 8 bridgehead atoms. The average molecular weight is 1870 g/mol. The fraction of sp³-hybridized carbons (Fsp3) is 0.351. The number of H-pyrrole nitrogens is 4. The highest BCUT2D eigenvalue weighted by Gasteiger charge is 2.46. The fourth-order valence-corrected chi connectivity index (χ4v) is 24.1. The minimum absolute atomic E-state index is 0.0130. The van der Waals surface area contributed by atoms with E-state index in [4.69, 9.17) is 39.9 Å². The van der Waals surface area contributed by atoms with Crippen LogP contribution in [0.3, 0.4) is 0 Å². The first kappa shape index (κ1) is 90.7. The van der Waals surface area contributed by atoms with Gasteiger partial charge in [-0.3, -0.25) is 10.1 Å². The Hall–Kier alpha value is -13.7. The molecule has 0 amide bonds. The van der Waals surface area contributed by atoms with Crippen LogP contribution >= 0.6 is 0 Å². The van der Waals surface area contributed by atoms with Crippen LogP contribution in [0.25, 0.3) is 134 Å². The van der Waals surface area contributed by atoms with Crippen LogP contribution in [-0.4, -0.2) is 88.9 Å². The molecule has 19 nitrogen and oxygen atoms in total. The number of rotatable bonds is 17. The standard InChI is InChI=1S/3C28H28F2N4.C27H25F2N5O2/c3*1-15-3-5-18(6-4-15)24-13-25(33-26-16(2)17-7-9-19(26)10-8-17)34-28(32-24)22-14-31-27-21(22)11-20(29)12-23(27)30;1-14-15-2-4-17(5-3-15)25(14)32-24-12-23(16-6-8-19(9-7-16)34(35)36)31-27(33-24)21-13-30-26-20(21)10-18(28)11-22(26)29/h3*3-6,11-14,16-17,19,26,31H,7-10H2,1-2H3,(H,32,33,34);6-15,17,25,30H,2-5H2,1H3,(H,31,32,33)/t2*16-,17?,19?,26+;;14-,15?,17?,25+/m10.0/s1. The summed E-state index contributed by atoms with van der Waals surface area (Å²) in [4.78, 5) is 60.9. The van der Waals surface area contributed by atoms with Gasteiger partial charge >= 0.3 is 0 Å². The summed E-state index contributed by atoms with van der Waals surface area (Å²) in [7, 11) is 0. The first-order chi connectivity index (χ1) is 66.7. The summed E-state index contributed by atoms with van der Waals surface area (Å²) < 4.78 is 114. The minimum Gasteiger partial charge on any atom is -0.367 e. The molecule has 12 aliphatic rings. The van der Waals surface area contributed by atoms with E-state index in [1.165, 1.54) is 156 Å². The van der Waals surface area contributed by atoms with Gasteiger partial charge in [-0.2, -0.15) is 0 Å². The summed E-state index contributed by atoms with van der Waals surface area (Å²) >= 11 is 0. The van der Waals surface area contributed by atoms with Crippen molar-refractivity contribution in [2.45, 2.75) is 175 Å². The Labute approximate surface area is 794 Å². The molecule has 706 valence electrons. The number of nitrogens with one attached hydrogen (secondary N) is 8. The molecule has 8 aromatic carbocycles. The molecular weight excluding hydrogens is 1760 g/mol. The largest absolute Gasteiger partial charge is 0.367 e. The van der Waals surface area contributed by atoms with E-state index in [1.54, 1.807) is 36.9 Å². The highest BCUT2D eigenvalue weighted by Crippen LogP contribution is 2.52. The third-order valence-corrected chi connectivity index (χ3v) is 31.9. The van der Waals surface area contributed by atoms with Crippen LogP contribution in [0.1, 0.15) is 147 Å². The number of halogens is 8. The Balaban J connectivity index is 0.000000110. The lowest BCUT2D eigenvalue weighted by Gasteiger charge is -2.47. The molecule has 138 heavy (non-hydrogen) atoms. The minimum atomic E-state index is -0.687. The van der Waals surface area contributed by atoms with E-state index >= 15 is 0 Å². The number of aryl methyl sites for hydroxylation is 3. The van der Waals surface area contributed by atoms with Gasteiger partial charge in [0.2, 0.25) is 0 Å². The number of non-ortho nitro benzene ring substituents is 1. The van der Waals surface area contributed by atoms with Crippen molar-refractivity contribution < 1.29 is 40.0 Å². The van der Waals surface area contributed by atoms with Crippen LogP contribution in [0.5, 0.6) is 0 Å². The number of nitrogens with zero attached hydrogens (tertiary/aromatic N) is 9. The van der Waals surface area contributed by atoms with Gasteiger partial charge < -0.3 is 41.2 Å². The summed E-state index contributed by atoms with van der Waals surface area (Å²) in [6.45, 7) is 15.5.